The van der Waals surface area contributed by atoms with Crippen LogP contribution in [0.3, 0.4) is 0 Å². The first-order chi connectivity index (χ1) is 15.0. The standard InChI is InChI=1S/C25H19NO5/c1-17(2)24(27)30-16-29-22-11-13-23(14-12-22)31-25(28)21-9-7-20(8-10-21)19-5-3-18(15-26)4-6-19/h3-14H,1,16H2,2H3. The maximum Gasteiger partial charge on any atom is 0.343 e. The van der Waals surface area contributed by atoms with E-state index in [4.69, 9.17) is 19.5 Å². The van der Waals surface area contributed by atoms with Gasteiger partial charge in [0.2, 0.25) is 6.79 Å². The molecule has 3 aromatic carbocycles. The molecule has 0 saturated carbocycles. The molecule has 3 rings (SSSR count). The van der Waals surface area contributed by atoms with E-state index in [1.54, 1.807) is 55.5 Å². The van der Waals surface area contributed by atoms with Crippen molar-refractivity contribution in [2.45, 2.75) is 6.92 Å². The molecular weight excluding hydrogens is 394 g/mol. The minimum atomic E-state index is -0.532. The summed E-state index contributed by atoms with van der Waals surface area (Å²) < 4.78 is 15.5. The molecule has 0 N–H and O–H groups in total. The molecule has 0 bridgehead atoms. The Morgan fingerprint density at radius 2 is 1.42 bits per heavy atom. The highest BCUT2D eigenvalue weighted by atomic mass is 16.7. The Morgan fingerprint density at radius 3 is 1.97 bits per heavy atom. The van der Waals surface area contributed by atoms with Crippen LogP contribution in [0.5, 0.6) is 11.5 Å². The number of nitrogens with zero attached hydrogens (tertiary/aromatic N) is 1. The Labute approximate surface area is 179 Å². The number of ether oxygens (including phenoxy) is 3. The summed E-state index contributed by atoms with van der Waals surface area (Å²) in [5.74, 6) is -0.209. The van der Waals surface area contributed by atoms with Crippen LogP contribution in [0.2, 0.25) is 0 Å². The summed E-state index contributed by atoms with van der Waals surface area (Å²) in [6.45, 7) is 4.79. The fourth-order valence-corrected chi connectivity index (χ4v) is 2.58. The van der Waals surface area contributed by atoms with Crippen molar-refractivity contribution in [1.29, 1.82) is 5.26 Å². The van der Waals surface area contributed by atoms with Crippen molar-refractivity contribution in [2.24, 2.45) is 0 Å². The molecule has 6 heteroatoms. The summed E-state index contributed by atoms with van der Waals surface area (Å²) in [4.78, 5) is 23.7. The van der Waals surface area contributed by atoms with Crippen molar-refractivity contribution < 1.29 is 23.8 Å². The number of esters is 2. The summed E-state index contributed by atoms with van der Waals surface area (Å²) >= 11 is 0. The van der Waals surface area contributed by atoms with E-state index < -0.39 is 11.9 Å². The lowest BCUT2D eigenvalue weighted by atomic mass is 10.0. The summed E-state index contributed by atoms with van der Waals surface area (Å²) in [5.41, 5.74) is 3.16. The normalized spacial score (nSPS) is 9.94. The summed E-state index contributed by atoms with van der Waals surface area (Å²) in [6, 6.07) is 22.7. The molecule has 0 fully saturated rings. The van der Waals surface area contributed by atoms with E-state index in [2.05, 4.69) is 12.6 Å². The second kappa shape index (κ2) is 9.90. The lowest BCUT2D eigenvalue weighted by molar-refractivity contribution is -0.145. The fourth-order valence-electron chi connectivity index (χ4n) is 2.58. The number of benzene rings is 3. The second-order valence-corrected chi connectivity index (χ2v) is 6.60. The number of carbonyl (C=O) groups excluding carboxylic acids is 2. The van der Waals surface area contributed by atoms with Crippen LogP contribution in [0.25, 0.3) is 11.1 Å². The molecule has 0 heterocycles. The average Bonchev–Trinajstić information content (AvgIpc) is 2.80. The van der Waals surface area contributed by atoms with Crippen LogP contribution in [0.4, 0.5) is 0 Å². The molecule has 0 amide bonds. The minimum absolute atomic E-state index is 0.240. The zero-order valence-corrected chi connectivity index (χ0v) is 16.8. The first kappa shape index (κ1) is 21.3. The molecular formula is C25H19NO5. The predicted octanol–water partition coefficient (Wildman–Crippen LogP) is 4.90. The molecule has 0 atom stereocenters. The molecule has 0 radical (unpaired) electrons. The van der Waals surface area contributed by atoms with Crippen LogP contribution in [0, 0.1) is 11.3 Å². The van der Waals surface area contributed by atoms with Crippen molar-refractivity contribution in [3.8, 4) is 28.7 Å². The van der Waals surface area contributed by atoms with Gasteiger partial charge in [-0.25, -0.2) is 9.59 Å². The Hall–Kier alpha value is -4.37. The predicted molar refractivity (Wildman–Crippen MR) is 114 cm³/mol. The van der Waals surface area contributed by atoms with Crippen LogP contribution in [-0.2, 0) is 9.53 Å². The molecule has 0 aromatic heterocycles. The van der Waals surface area contributed by atoms with Gasteiger partial charge < -0.3 is 14.2 Å². The molecule has 0 aliphatic heterocycles. The lowest BCUT2D eigenvalue weighted by Crippen LogP contribution is -2.10. The van der Waals surface area contributed by atoms with Gasteiger partial charge in [0.25, 0.3) is 0 Å². The van der Waals surface area contributed by atoms with E-state index in [1.807, 2.05) is 24.3 Å². The minimum Gasteiger partial charge on any atom is -0.457 e. The monoisotopic (exact) mass is 413 g/mol. The van der Waals surface area contributed by atoms with E-state index in [-0.39, 0.29) is 12.4 Å². The summed E-state index contributed by atoms with van der Waals surface area (Å²) in [6.07, 6.45) is 0. The van der Waals surface area contributed by atoms with E-state index in [1.165, 1.54) is 0 Å². The molecule has 0 aliphatic rings. The molecule has 154 valence electrons. The Kier molecular flexibility index (Phi) is 6.82. The maximum atomic E-state index is 12.4. The highest BCUT2D eigenvalue weighted by Gasteiger charge is 2.10. The third-order valence-corrected chi connectivity index (χ3v) is 4.27. The third kappa shape index (κ3) is 5.81. The van der Waals surface area contributed by atoms with Crippen molar-refractivity contribution in [3.63, 3.8) is 0 Å². The highest BCUT2D eigenvalue weighted by molar-refractivity contribution is 5.91. The SMILES string of the molecule is C=C(C)C(=O)OCOc1ccc(OC(=O)c2ccc(-c3ccc(C#N)cc3)cc2)cc1. The molecule has 0 unspecified atom stereocenters. The maximum absolute atomic E-state index is 12.4. The van der Waals surface area contributed by atoms with Crippen LogP contribution in [-0.4, -0.2) is 18.7 Å². The van der Waals surface area contributed by atoms with Crippen LogP contribution in [0.1, 0.15) is 22.8 Å². The van der Waals surface area contributed by atoms with Crippen molar-refractivity contribution in [1.82, 2.24) is 0 Å². The van der Waals surface area contributed by atoms with Gasteiger partial charge in [-0.3, -0.25) is 0 Å². The largest absolute Gasteiger partial charge is 0.457 e. The van der Waals surface area contributed by atoms with Gasteiger partial charge in [0.1, 0.15) is 11.5 Å². The molecule has 0 spiro atoms. The number of nitriles is 1. The first-order valence-electron chi connectivity index (χ1n) is 9.34. The zero-order chi connectivity index (χ0) is 22.2. The van der Waals surface area contributed by atoms with Crippen LogP contribution < -0.4 is 9.47 Å². The van der Waals surface area contributed by atoms with Gasteiger partial charge in [0.05, 0.1) is 17.2 Å². The quantitative estimate of drug-likeness (QED) is 0.237. The molecule has 0 aliphatic carbocycles. The number of hydrogen-bond donors (Lipinski definition) is 0. The van der Waals surface area contributed by atoms with Gasteiger partial charge >= 0.3 is 11.9 Å². The van der Waals surface area contributed by atoms with Crippen molar-refractivity contribution in [2.75, 3.05) is 6.79 Å². The second-order valence-electron chi connectivity index (χ2n) is 6.60. The smallest absolute Gasteiger partial charge is 0.343 e. The van der Waals surface area contributed by atoms with Gasteiger partial charge in [-0.2, -0.15) is 5.26 Å². The van der Waals surface area contributed by atoms with E-state index in [9.17, 15) is 9.59 Å². The van der Waals surface area contributed by atoms with Crippen molar-refractivity contribution in [3.05, 3.63) is 96.1 Å². The highest BCUT2D eigenvalue weighted by Crippen LogP contribution is 2.22. The Balaban J connectivity index is 1.56. The van der Waals surface area contributed by atoms with E-state index in [0.717, 1.165) is 11.1 Å². The average molecular weight is 413 g/mol. The van der Waals surface area contributed by atoms with Gasteiger partial charge in [-0.05, 0) is 66.6 Å². The molecule has 3 aromatic rings. The van der Waals surface area contributed by atoms with E-state index in [0.29, 0.717) is 22.6 Å². The number of rotatable bonds is 7. The van der Waals surface area contributed by atoms with Gasteiger partial charge in [0.15, 0.2) is 0 Å². The van der Waals surface area contributed by atoms with Crippen LogP contribution >= 0.6 is 0 Å². The molecule has 6 nitrogen and oxygen atoms in total. The zero-order valence-electron chi connectivity index (χ0n) is 16.8. The van der Waals surface area contributed by atoms with Crippen LogP contribution in [0.15, 0.2) is 84.9 Å². The number of carbonyl (C=O) groups is 2. The van der Waals surface area contributed by atoms with Gasteiger partial charge in [0, 0.05) is 5.57 Å². The molecule has 0 saturated heterocycles. The topological polar surface area (TPSA) is 85.6 Å². The lowest BCUT2D eigenvalue weighted by Gasteiger charge is -2.09. The van der Waals surface area contributed by atoms with E-state index >= 15 is 0 Å². The Morgan fingerprint density at radius 1 is 0.871 bits per heavy atom. The van der Waals surface area contributed by atoms with Crippen molar-refractivity contribution >= 4 is 11.9 Å². The fraction of sp³-hybridized carbons (Fsp3) is 0.0800. The summed E-state index contributed by atoms with van der Waals surface area (Å²) in [5, 5.41) is 8.88. The summed E-state index contributed by atoms with van der Waals surface area (Å²) in [7, 11) is 0. The number of hydrogen-bond acceptors (Lipinski definition) is 6. The first-order valence-corrected chi connectivity index (χ1v) is 9.34. The van der Waals surface area contributed by atoms with Gasteiger partial charge in [-0.15, -0.1) is 0 Å². The molecule has 31 heavy (non-hydrogen) atoms. The Bertz CT molecular complexity index is 1120. The van der Waals surface area contributed by atoms with Gasteiger partial charge in [-0.1, -0.05) is 30.8 Å². The third-order valence-electron chi connectivity index (χ3n) is 4.27.